The molecule has 0 aromatic carbocycles. The maximum Gasteiger partial charge on any atom is 0.120 e. The quantitative estimate of drug-likeness (QED) is 0.407. The minimum Gasteiger partial charge on any atom is -0.303 e. The van der Waals surface area contributed by atoms with Crippen LogP contribution in [-0.4, -0.2) is 6.29 Å². The zero-order chi connectivity index (χ0) is 7.11. The van der Waals surface area contributed by atoms with Crippen molar-refractivity contribution in [2.24, 2.45) is 5.92 Å². The van der Waals surface area contributed by atoms with Crippen molar-refractivity contribution < 1.29 is 4.79 Å². The fourth-order valence-corrected chi connectivity index (χ4v) is 0.755. The number of hydrogen-bond donors (Lipinski definition) is 0. The van der Waals surface area contributed by atoms with E-state index in [9.17, 15) is 4.79 Å². The monoisotopic (exact) mass is 126 g/mol. The summed E-state index contributed by atoms with van der Waals surface area (Å²) in [5.74, 6) is 0.618. The van der Waals surface area contributed by atoms with Crippen LogP contribution in [0.2, 0.25) is 0 Å². The predicted molar refractivity (Wildman–Crippen MR) is 39.3 cm³/mol. The van der Waals surface area contributed by atoms with Gasteiger partial charge in [0, 0.05) is 6.42 Å². The second-order valence-corrected chi connectivity index (χ2v) is 2.37. The Labute approximate surface area is 56.8 Å². The molecule has 0 aromatic rings. The van der Waals surface area contributed by atoms with E-state index in [0.717, 1.165) is 19.1 Å². The molecule has 9 heavy (non-hydrogen) atoms. The maximum atomic E-state index is 9.89. The molecule has 0 aliphatic heterocycles. The molecule has 1 heteroatoms. The van der Waals surface area contributed by atoms with Crippen molar-refractivity contribution in [2.45, 2.75) is 26.2 Å². The fourth-order valence-electron chi connectivity index (χ4n) is 0.755. The van der Waals surface area contributed by atoms with Gasteiger partial charge in [-0.15, -0.1) is 6.58 Å². The molecule has 0 aliphatic rings. The van der Waals surface area contributed by atoms with E-state index in [1.54, 1.807) is 0 Å². The number of carbonyl (C=O) groups is 1. The Hall–Kier alpha value is -0.590. The Balaban J connectivity index is 3.14. The maximum absolute atomic E-state index is 9.89. The van der Waals surface area contributed by atoms with E-state index in [1.807, 2.05) is 6.08 Å². The molecule has 0 radical (unpaired) electrons. The number of hydrogen-bond acceptors (Lipinski definition) is 1. The van der Waals surface area contributed by atoms with Gasteiger partial charge >= 0.3 is 0 Å². The highest BCUT2D eigenvalue weighted by Gasteiger charge is 1.96. The van der Waals surface area contributed by atoms with E-state index in [4.69, 9.17) is 0 Å². The normalized spacial score (nSPS) is 12.6. The largest absolute Gasteiger partial charge is 0.303 e. The summed E-state index contributed by atoms with van der Waals surface area (Å²) in [6.07, 6.45) is 5.58. The molecule has 0 saturated carbocycles. The lowest BCUT2D eigenvalue weighted by Crippen LogP contribution is -1.91. The molecular weight excluding hydrogens is 112 g/mol. The lowest BCUT2D eigenvalue weighted by Gasteiger charge is -2.03. The van der Waals surface area contributed by atoms with E-state index in [2.05, 4.69) is 13.5 Å². The first kappa shape index (κ1) is 8.41. The van der Waals surface area contributed by atoms with E-state index >= 15 is 0 Å². The molecule has 0 spiro atoms. The molecule has 0 rings (SSSR count). The Kier molecular flexibility index (Phi) is 5.18. The summed E-state index contributed by atoms with van der Waals surface area (Å²) in [5, 5.41) is 0. The Morgan fingerprint density at radius 2 is 2.33 bits per heavy atom. The van der Waals surface area contributed by atoms with E-state index < -0.39 is 0 Å². The van der Waals surface area contributed by atoms with Crippen molar-refractivity contribution in [3.8, 4) is 0 Å². The molecule has 0 bridgehead atoms. The van der Waals surface area contributed by atoms with Crippen molar-refractivity contribution in [3.05, 3.63) is 12.7 Å². The summed E-state index contributed by atoms with van der Waals surface area (Å²) < 4.78 is 0. The van der Waals surface area contributed by atoms with Crippen LogP contribution in [0.15, 0.2) is 12.7 Å². The van der Waals surface area contributed by atoms with Gasteiger partial charge in [-0.05, 0) is 18.8 Å². The third kappa shape index (κ3) is 5.28. The number of carbonyl (C=O) groups excluding carboxylic acids is 1. The minimum absolute atomic E-state index is 0.618. The van der Waals surface area contributed by atoms with Crippen LogP contribution in [0.5, 0.6) is 0 Å². The molecule has 1 atom stereocenters. The average Bonchev–Trinajstić information content (AvgIpc) is 1.85. The second-order valence-electron chi connectivity index (χ2n) is 2.37. The second kappa shape index (κ2) is 5.54. The summed E-state index contributed by atoms with van der Waals surface area (Å²) in [6.45, 7) is 5.75. The lowest BCUT2D eigenvalue weighted by atomic mass is 10.0. The zero-order valence-corrected chi connectivity index (χ0v) is 5.97. The van der Waals surface area contributed by atoms with Crippen molar-refractivity contribution in [3.63, 3.8) is 0 Å². The van der Waals surface area contributed by atoms with Crippen LogP contribution in [0, 0.1) is 5.92 Å². The molecule has 0 fully saturated rings. The molecule has 1 unspecified atom stereocenters. The molecule has 0 amide bonds. The van der Waals surface area contributed by atoms with Crippen LogP contribution in [-0.2, 0) is 4.79 Å². The highest BCUT2D eigenvalue weighted by atomic mass is 16.1. The van der Waals surface area contributed by atoms with Crippen molar-refractivity contribution in [1.29, 1.82) is 0 Å². The van der Waals surface area contributed by atoms with Gasteiger partial charge in [-0.1, -0.05) is 13.0 Å². The molecule has 0 aliphatic carbocycles. The van der Waals surface area contributed by atoms with Gasteiger partial charge in [0.1, 0.15) is 6.29 Å². The molecule has 0 aromatic heterocycles. The van der Waals surface area contributed by atoms with Crippen molar-refractivity contribution >= 4 is 6.29 Å². The van der Waals surface area contributed by atoms with Gasteiger partial charge < -0.3 is 4.79 Å². The Bertz CT molecular complexity index is 86.6. The summed E-state index contributed by atoms with van der Waals surface area (Å²) in [6, 6.07) is 0. The van der Waals surface area contributed by atoms with Gasteiger partial charge in [0.05, 0.1) is 0 Å². The smallest absolute Gasteiger partial charge is 0.120 e. The van der Waals surface area contributed by atoms with Crippen LogP contribution >= 0.6 is 0 Å². The third-order valence-corrected chi connectivity index (χ3v) is 1.35. The van der Waals surface area contributed by atoms with E-state index in [0.29, 0.717) is 12.3 Å². The molecule has 1 nitrogen and oxygen atoms in total. The number of aldehydes is 1. The Morgan fingerprint density at radius 1 is 1.67 bits per heavy atom. The third-order valence-electron chi connectivity index (χ3n) is 1.35. The molecule has 0 heterocycles. The standard InChI is InChI=1S/C8H14O/c1-3-5-8(2)6-4-7-9/h3,7-8H,1,4-6H2,2H3. The molecular formula is C8H14O. The highest BCUT2D eigenvalue weighted by Crippen LogP contribution is 2.08. The summed E-state index contributed by atoms with van der Waals surface area (Å²) >= 11 is 0. The summed E-state index contributed by atoms with van der Waals surface area (Å²) in [7, 11) is 0. The first-order valence-electron chi connectivity index (χ1n) is 3.35. The van der Waals surface area contributed by atoms with Gasteiger partial charge in [0.25, 0.3) is 0 Å². The average molecular weight is 126 g/mol. The van der Waals surface area contributed by atoms with Crippen LogP contribution in [0.1, 0.15) is 26.2 Å². The van der Waals surface area contributed by atoms with E-state index in [-0.39, 0.29) is 0 Å². The van der Waals surface area contributed by atoms with Crippen molar-refractivity contribution in [2.75, 3.05) is 0 Å². The minimum atomic E-state index is 0.618. The first-order valence-corrected chi connectivity index (χ1v) is 3.35. The molecule has 0 N–H and O–H groups in total. The summed E-state index contributed by atoms with van der Waals surface area (Å²) in [4.78, 5) is 9.89. The zero-order valence-electron chi connectivity index (χ0n) is 5.97. The predicted octanol–water partition coefficient (Wildman–Crippen LogP) is 2.18. The topological polar surface area (TPSA) is 17.1 Å². The first-order chi connectivity index (χ1) is 4.31. The van der Waals surface area contributed by atoms with Gasteiger partial charge in [0.2, 0.25) is 0 Å². The van der Waals surface area contributed by atoms with Crippen molar-refractivity contribution in [1.82, 2.24) is 0 Å². The van der Waals surface area contributed by atoms with Gasteiger partial charge in [-0.25, -0.2) is 0 Å². The lowest BCUT2D eigenvalue weighted by molar-refractivity contribution is -0.108. The SMILES string of the molecule is C=CCC(C)CCC=O. The van der Waals surface area contributed by atoms with Crippen LogP contribution in [0.25, 0.3) is 0 Å². The van der Waals surface area contributed by atoms with Gasteiger partial charge in [-0.3, -0.25) is 0 Å². The Morgan fingerprint density at radius 3 is 2.78 bits per heavy atom. The van der Waals surface area contributed by atoms with Gasteiger partial charge in [0.15, 0.2) is 0 Å². The van der Waals surface area contributed by atoms with Crippen LogP contribution in [0.4, 0.5) is 0 Å². The fraction of sp³-hybridized carbons (Fsp3) is 0.625. The van der Waals surface area contributed by atoms with Crippen LogP contribution < -0.4 is 0 Å². The number of rotatable bonds is 5. The number of allylic oxidation sites excluding steroid dienone is 1. The van der Waals surface area contributed by atoms with Gasteiger partial charge in [-0.2, -0.15) is 0 Å². The molecule has 52 valence electrons. The van der Waals surface area contributed by atoms with Crippen LogP contribution in [0.3, 0.4) is 0 Å². The highest BCUT2D eigenvalue weighted by molar-refractivity contribution is 5.49. The summed E-state index contributed by atoms with van der Waals surface area (Å²) in [5.41, 5.74) is 0. The van der Waals surface area contributed by atoms with E-state index in [1.165, 1.54) is 0 Å². The molecule has 0 saturated heterocycles.